The summed E-state index contributed by atoms with van der Waals surface area (Å²) in [7, 11) is 0. The van der Waals surface area contributed by atoms with Crippen LogP contribution in [0.15, 0.2) is 12.2 Å². The van der Waals surface area contributed by atoms with E-state index >= 15 is 0 Å². The van der Waals surface area contributed by atoms with Gasteiger partial charge in [-0.05, 0) is 6.42 Å². The van der Waals surface area contributed by atoms with Gasteiger partial charge in [-0.1, -0.05) is 37.8 Å². The van der Waals surface area contributed by atoms with Gasteiger partial charge in [0.15, 0.2) is 0 Å². The summed E-state index contributed by atoms with van der Waals surface area (Å²) in [5.74, 6) is 6.81. The summed E-state index contributed by atoms with van der Waals surface area (Å²) < 4.78 is 0. The number of alkyl halides is 1. The first-order valence-electron chi connectivity index (χ1n) is 4.58. The lowest BCUT2D eigenvalue weighted by Crippen LogP contribution is -1.71. The van der Waals surface area contributed by atoms with Gasteiger partial charge in [0.1, 0.15) is 0 Å². The van der Waals surface area contributed by atoms with E-state index in [1.54, 1.807) is 0 Å². The molecule has 0 N–H and O–H groups in total. The summed E-state index contributed by atoms with van der Waals surface area (Å²) in [5.41, 5.74) is 0. The molecule has 0 bridgehead atoms. The van der Waals surface area contributed by atoms with Crippen molar-refractivity contribution in [1.82, 2.24) is 0 Å². The van der Waals surface area contributed by atoms with E-state index in [1.807, 2.05) is 12.2 Å². The zero-order chi connectivity index (χ0) is 9.07. The molecule has 0 radical (unpaired) electrons. The Kier molecular flexibility index (Phi) is 10.2. The average Bonchev–Trinajstić information content (AvgIpc) is 2.10. The molecule has 0 saturated heterocycles. The van der Waals surface area contributed by atoms with Gasteiger partial charge in [0.05, 0.1) is 0 Å². The molecule has 0 unspecified atom stereocenters. The summed E-state index contributed by atoms with van der Waals surface area (Å²) in [6.07, 6.45) is 9.65. The van der Waals surface area contributed by atoms with Crippen LogP contribution in [0.5, 0.6) is 0 Å². The van der Waals surface area contributed by atoms with E-state index in [-0.39, 0.29) is 0 Å². The van der Waals surface area contributed by atoms with Gasteiger partial charge in [0, 0.05) is 18.7 Å². The Bertz CT molecular complexity index is 160. The number of unbranched alkanes of at least 4 members (excludes halogenated alkanes) is 3. The van der Waals surface area contributed by atoms with Crippen LogP contribution in [0, 0.1) is 11.8 Å². The first-order chi connectivity index (χ1) is 5.91. The van der Waals surface area contributed by atoms with E-state index in [2.05, 4.69) is 18.8 Å². The molecule has 0 atom stereocenters. The van der Waals surface area contributed by atoms with Gasteiger partial charge in [-0.2, -0.15) is 0 Å². The van der Waals surface area contributed by atoms with Crippen LogP contribution in [0.1, 0.15) is 39.0 Å². The lowest BCUT2D eigenvalue weighted by atomic mass is 10.2. The standard InChI is InChI=1S/C11H17Cl/c1-2-3-4-5-6-7-8-9-10-11-12/h9-10H,2-5,8,11H2,1H3. The first kappa shape index (κ1) is 11.6. The minimum absolute atomic E-state index is 0.595. The molecule has 0 spiro atoms. The highest BCUT2D eigenvalue weighted by molar-refractivity contribution is 6.18. The molecule has 0 aromatic carbocycles. The van der Waals surface area contributed by atoms with Crippen molar-refractivity contribution in [2.45, 2.75) is 39.0 Å². The first-order valence-corrected chi connectivity index (χ1v) is 5.12. The summed E-state index contributed by atoms with van der Waals surface area (Å²) >= 11 is 5.45. The third-order valence-electron chi connectivity index (χ3n) is 1.51. The molecule has 0 aromatic rings. The van der Waals surface area contributed by atoms with Crippen LogP contribution in [-0.4, -0.2) is 5.88 Å². The van der Waals surface area contributed by atoms with Gasteiger partial charge in [-0.25, -0.2) is 0 Å². The monoisotopic (exact) mass is 184 g/mol. The topological polar surface area (TPSA) is 0 Å². The van der Waals surface area contributed by atoms with Crippen molar-refractivity contribution < 1.29 is 0 Å². The Morgan fingerprint density at radius 2 is 2.00 bits per heavy atom. The van der Waals surface area contributed by atoms with Crippen LogP contribution in [0.25, 0.3) is 0 Å². The summed E-state index contributed by atoms with van der Waals surface area (Å²) in [6, 6.07) is 0. The summed E-state index contributed by atoms with van der Waals surface area (Å²) in [4.78, 5) is 0. The van der Waals surface area contributed by atoms with Crippen molar-refractivity contribution >= 4 is 11.6 Å². The summed E-state index contributed by atoms with van der Waals surface area (Å²) in [6.45, 7) is 2.20. The third kappa shape index (κ3) is 9.59. The van der Waals surface area contributed by atoms with Gasteiger partial charge < -0.3 is 0 Å². The zero-order valence-corrected chi connectivity index (χ0v) is 8.53. The smallest absolute Gasteiger partial charge is 0.0404 e. The molecule has 0 aliphatic heterocycles. The van der Waals surface area contributed by atoms with Crippen LogP contribution in [0.4, 0.5) is 0 Å². The minimum atomic E-state index is 0.595. The number of hydrogen-bond acceptors (Lipinski definition) is 0. The number of rotatable bonds is 5. The van der Waals surface area contributed by atoms with Crippen molar-refractivity contribution in [2.24, 2.45) is 0 Å². The highest BCUT2D eigenvalue weighted by Gasteiger charge is 1.79. The van der Waals surface area contributed by atoms with E-state index in [4.69, 9.17) is 11.6 Å². The molecule has 68 valence electrons. The third-order valence-corrected chi connectivity index (χ3v) is 1.68. The van der Waals surface area contributed by atoms with E-state index in [1.165, 1.54) is 19.3 Å². The molecule has 0 aliphatic rings. The van der Waals surface area contributed by atoms with Gasteiger partial charge in [-0.15, -0.1) is 17.5 Å². The molecule has 0 nitrogen and oxygen atoms in total. The number of hydrogen-bond donors (Lipinski definition) is 0. The summed E-state index contributed by atoms with van der Waals surface area (Å²) in [5, 5.41) is 0. The van der Waals surface area contributed by atoms with E-state index in [0.29, 0.717) is 5.88 Å². The Morgan fingerprint density at radius 1 is 1.17 bits per heavy atom. The SMILES string of the molecule is CCCCCC#CCC=CCCl. The van der Waals surface area contributed by atoms with Crippen molar-refractivity contribution in [3.63, 3.8) is 0 Å². The van der Waals surface area contributed by atoms with E-state index < -0.39 is 0 Å². The maximum Gasteiger partial charge on any atom is 0.0404 e. The van der Waals surface area contributed by atoms with Crippen LogP contribution in [0.2, 0.25) is 0 Å². The molecular weight excluding hydrogens is 168 g/mol. The van der Waals surface area contributed by atoms with Crippen LogP contribution in [-0.2, 0) is 0 Å². The van der Waals surface area contributed by atoms with E-state index in [9.17, 15) is 0 Å². The molecule has 0 amide bonds. The lowest BCUT2D eigenvalue weighted by Gasteiger charge is -1.87. The predicted octanol–water partition coefficient (Wildman–Crippen LogP) is 3.76. The second kappa shape index (κ2) is 10.6. The van der Waals surface area contributed by atoms with Crippen molar-refractivity contribution in [3.8, 4) is 11.8 Å². The number of allylic oxidation sites excluding steroid dienone is 2. The van der Waals surface area contributed by atoms with Gasteiger partial charge in [0.2, 0.25) is 0 Å². The fourth-order valence-electron chi connectivity index (χ4n) is 0.829. The average molecular weight is 185 g/mol. The molecule has 0 heterocycles. The van der Waals surface area contributed by atoms with Crippen molar-refractivity contribution in [2.75, 3.05) is 5.88 Å². The molecular formula is C11H17Cl. The fourth-order valence-corrected chi connectivity index (χ4v) is 0.955. The second-order valence-corrected chi connectivity index (χ2v) is 2.95. The molecule has 0 saturated carbocycles. The van der Waals surface area contributed by atoms with Crippen LogP contribution < -0.4 is 0 Å². The molecule has 12 heavy (non-hydrogen) atoms. The quantitative estimate of drug-likeness (QED) is 0.264. The van der Waals surface area contributed by atoms with Gasteiger partial charge in [-0.3, -0.25) is 0 Å². The van der Waals surface area contributed by atoms with Crippen molar-refractivity contribution in [1.29, 1.82) is 0 Å². The second-order valence-electron chi connectivity index (χ2n) is 2.64. The van der Waals surface area contributed by atoms with Gasteiger partial charge >= 0.3 is 0 Å². The van der Waals surface area contributed by atoms with Crippen LogP contribution in [0.3, 0.4) is 0 Å². The molecule has 0 fully saturated rings. The fraction of sp³-hybridized carbons (Fsp3) is 0.636. The highest BCUT2D eigenvalue weighted by Crippen LogP contribution is 1.96. The zero-order valence-electron chi connectivity index (χ0n) is 7.78. The normalized spacial score (nSPS) is 9.83. The predicted molar refractivity (Wildman–Crippen MR) is 56.4 cm³/mol. The Hall–Kier alpha value is -0.410. The Balaban J connectivity index is 3.17. The van der Waals surface area contributed by atoms with E-state index in [0.717, 1.165) is 12.8 Å². The van der Waals surface area contributed by atoms with Gasteiger partial charge in [0.25, 0.3) is 0 Å². The molecule has 0 rings (SSSR count). The minimum Gasteiger partial charge on any atom is -0.122 e. The molecule has 0 aliphatic carbocycles. The maximum atomic E-state index is 5.45. The highest BCUT2D eigenvalue weighted by atomic mass is 35.5. The van der Waals surface area contributed by atoms with Crippen LogP contribution >= 0.6 is 11.6 Å². The lowest BCUT2D eigenvalue weighted by molar-refractivity contribution is 0.737. The Labute approximate surface area is 81.0 Å². The molecule has 1 heteroatoms. The van der Waals surface area contributed by atoms with Crippen molar-refractivity contribution in [3.05, 3.63) is 12.2 Å². The molecule has 0 aromatic heterocycles. The largest absolute Gasteiger partial charge is 0.122 e. The number of halogens is 1. The maximum absolute atomic E-state index is 5.45. The Morgan fingerprint density at radius 3 is 2.67 bits per heavy atom.